The van der Waals surface area contributed by atoms with E-state index in [1.807, 2.05) is 12.2 Å². The summed E-state index contributed by atoms with van der Waals surface area (Å²) in [6.07, 6.45) is 12.9. The molecule has 0 radical (unpaired) electrons. The minimum Gasteiger partial charge on any atom is -0.414 e. The predicted molar refractivity (Wildman–Crippen MR) is 127 cm³/mol. The molecule has 0 amide bonds. The van der Waals surface area contributed by atoms with Crippen LogP contribution in [0, 0.1) is 11.8 Å². The fourth-order valence-electron chi connectivity index (χ4n) is 6.58. The van der Waals surface area contributed by atoms with Gasteiger partial charge in [0.1, 0.15) is 5.60 Å². The average molecular weight is 435 g/mol. The summed E-state index contributed by atoms with van der Waals surface area (Å²) in [5, 5.41) is 0. The summed E-state index contributed by atoms with van der Waals surface area (Å²) < 4.78 is 20.6. The molecular weight excluding hydrogens is 392 g/mol. The summed E-state index contributed by atoms with van der Waals surface area (Å²) in [5.74, 6) is 1.17. The molecule has 29 heavy (non-hydrogen) atoms. The highest BCUT2D eigenvalue weighted by Crippen LogP contribution is 2.63. The number of allylic oxidation sites excluding steroid dienone is 3. The van der Waals surface area contributed by atoms with Gasteiger partial charge < -0.3 is 13.6 Å². The van der Waals surface area contributed by atoms with Crippen LogP contribution >= 0.6 is 0 Å². The van der Waals surface area contributed by atoms with Crippen LogP contribution < -0.4 is 0 Å². The van der Waals surface area contributed by atoms with Gasteiger partial charge in [-0.25, -0.2) is 0 Å². The Morgan fingerprint density at radius 3 is 2.31 bits per heavy atom. The Hall–Kier alpha value is -0.466. The lowest BCUT2D eigenvalue weighted by Crippen LogP contribution is -2.60. The highest BCUT2D eigenvalue weighted by Gasteiger charge is 2.70. The van der Waals surface area contributed by atoms with Crippen molar-refractivity contribution < 1.29 is 13.6 Å². The Labute approximate surface area is 180 Å². The van der Waals surface area contributed by atoms with E-state index >= 15 is 0 Å². The van der Waals surface area contributed by atoms with Crippen LogP contribution in [0.5, 0.6) is 0 Å². The molecule has 3 nitrogen and oxygen atoms in total. The smallest absolute Gasteiger partial charge is 0.191 e. The van der Waals surface area contributed by atoms with Crippen molar-refractivity contribution in [1.82, 2.24) is 0 Å². The van der Waals surface area contributed by atoms with Crippen molar-refractivity contribution in [3.05, 3.63) is 38.0 Å². The number of hydrogen-bond donors (Lipinski definition) is 0. The quantitative estimate of drug-likeness (QED) is 0.291. The largest absolute Gasteiger partial charge is 0.414 e. The van der Waals surface area contributed by atoms with Gasteiger partial charge in [0.2, 0.25) is 0 Å². The van der Waals surface area contributed by atoms with E-state index in [9.17, 15) is 0 Å². The molecule has 1 saturated heterocycles. The second-order valence-electron chi connectivity index (χ2n) is 10.7. The first kappa shape index (κ1) is 23.2. The molecule has 0 bridgehead atoms. The zero-order valence-corrected chi connectivity index (χ0v) is 21.2. The third-order valence-corrected chi connectivity index (χ3v) is 11.9. The van der Waals surface area contributed by atoms with Crippen molar-refractivity contribution in [2.24, 2.45) is 11.8 Å². The summed E-state index contributed by atoms with van der Waals surface area (Å²) in [7, 11) is -3.58. The lowest BCUT2D eigenvalue weighted by molar-refractivity contribution is -0.152. The van der Waals surface area contributed by atoms with Crippen LogP contribution in [-0.4, -0.2) is 40.5 Å². The van der Waals surface area contributed by atoms with Gasteiger partial charge in [-0.1, -0.05) is 18.2 Å². The van der Waals surface area contributed by atoms with Gasteiger partial charge in [-0.05, 0) is 75.8 Å². The van der Waals surface area contributed by atoms with Gasteiger partial charge in [0.25, 0.3) is 0 Å². The summed E-state index contributed by atoms with van der Waals surface area (Å²) in [6, 6.07) is 1.99. The topological polar surface area (TPSA) is 27.7 Å². The molecule has 0 unspecified atom stereocenters. The van der Waals surface area contributed by atoms with E-state index in [0.29, 0.717) is 11.8 Å². The van der Waals surface area contributed by atoms with Crippen molar-refractivity contribution in [2.75, 3.05) is 6.61 Å². The van der Waals surface area contributed by atoms with Crippen molar-refractivity contribution in [1.29, 1.82) is 0 Å². The highest BCUT2D eigenvalue weighted by atomic mass is 28.4. The third-order valence-electron chi connectivity index (χ3n) is 7.43. The first-order valence-corrected chi connectivity index (χ1v) is 17.7. The highest BCUT2D eigenvalue weighted by molar-refractivity contribution is 6.72. The predicted octanol–water partition coefficient (Wildman–Crippen LogP) is 6.46. The van der Waals surface area contributed by atoms with E-state index in [1.165, 1.54) is 6.42 Å². The molecule has 3 rings (SSSR count). The molecular formula is C24H42O3Si2. The maximum atomic E-state index is 7.16. The van der Waals surface area contributed by atoms with Crippen LogP contribution in [0.4, 0.5) is 0 Å². The normalized spacial score (nSPS) is 37.0. The van der Waals surface area contributed by atoms with Crippen LogP contribution in [0.25, 0.3) is 0 Å². The van der Waals surface area contributed by atoms with E-state index in [2.05, 4.69) is 52.0 Å². The van der Waals surface area contributed by atoms with Crippen LogP contribution in [0.15, 0.2) is 38.0 Å². The van der Waals surface area contributed by atoms with Crippen molar-refractivity contribution >= 4 is 16.6 Å². The van der Waals surface area contributed by atoms with E-state index in [1.54, 1.807) is 0 Å². The summed E-state index contributed by atoms with van der Waals surface area (Å²) in [5.41, 5.74) is -0.343. The number of hydrogen-bond acceptors (Lipinski definition) is 3. The zero-order chi connectivity index (χ0) is 21.3. The molecule has 0 aromatic heterocycles. The van der Waals surface area contributed by atoms with Gasteiger partial charge in [0, 0.05) is 18.9 Å². The second-order valence-corrected chi connectivity index (χ2v) is 19.0. The Bertz CT molecular complexity index is 632. The number of rotatable bonds is 10. The molecule has 2 aliphatic carbocycles. The molecule has 0 aromatic rings. The average Bonchev–Trinajstić information content (AvgIpc) is 3.02. The molecule has 1 heterocycles. The Morgan fingerprint density at radius 2 is 1.66 bits per heavy atom. The van der Waals surface area contributed by atoms with Gasteiger partial charge in [0.15, 0.2) is 16.6 Å². The maximum Gasteiger partial charge on any atom is 0.191 e. The van der Waals surface area contributed by atoms with Crippen LogP contribution in [0.2, 0.25) is 38.3 Å². The summed E-state index contributed by atoms with van der Waals surface area (Å²) >= 11 is 0. The van der Waals surface area contributed by atoms with Crippen LogP contribution in [-0.2, 0) is 13.6 Å². The lowest BCUT2D eigenvalue weighted by Gasteiger charge is -2.50. The van der Waals surface area contributed by atoms with Gasteiger partial charge in [-0.2, -0.15) is 0 Å². The van der Waals surface area contributed by atoms with Gasteiger partial charge in [-0.3, -0.25) is 0 Å². The van der Waals surface area contributed by atoms with Crippen molar-refractivity contribution in [3.63, 3.8) is 0 Å². The molecule has 3 fully saturated rings. The maximum absolute atomic E-state index is 7.16. The zero-order valence-electron chi connectivity index (χ0n) is 19.2. The first-order valence-electron chi connectivity index (χ1n) is 11.5. The van der Waals surface area contributed by atoms with E-state index in [0.717, 1.165) is 50.8 Å². The van der Waals surface area contributed by atoms with Crippen LogP contribution in [0.3, 0.4) is 0 Å². The number of ether oxygens (including phenoxy) is 1. The van der Waals surface area contributed by atoms with E-state index in [-0.39, 0.29) is 17.3 Å². The van der Waals surface area contributed by atoms with Gasteiger partial charge >= 0.3 is 0 Å². The first-order chi connectivity index (χ1) is 13.6. The Morgan fingerprint density at radius 1 is 0.966 bits per heavy atom. The lowest BCUT2D eigenvalue weighted by atomic mass is 9.69. The molecule has 3 aliphatic rings. The van der Waals surface area contributed by atoms with Gasteiger partial charge in [-0.15, -0.1) is 19.7 Å². The molecule has 5 heteroatoms. The van der Waals surface area contributed by atoms with E-state index in [4.69, 9.17) is 13.6 Å². The molecule has 2 saturated carbocycles. The Kier molecular flexibility index (Phi) is 6.86. The molecule has 1 spiro atoms. The van der Waals surface area contributed by atoms with Crippen LogP contribution in [0.1, 0.15) is 38.5 Å². The molecule has 0 aromatic carbocycles. The van der Waals surface area contributed by atoms with Gasteiger partial charge in [0.05, 0.1) is 12.2 Å². The third kappa shape index (κ3) is 4.45. The minimum absolute atomic E-state index is 0.157. The second kappa shape index (κ2) is 8.58. The standard InChI is InChI=1S/C24H42O3Si2/c1-8-11-20-18-23(27-29(6,7)17-10-3)14-15-25-24(23)19-21(12-13-22(20)24)26-28(4,5)16-9-2/h8-10,20-22H,1-3,11-19H2,4-7H3/t20-,21+,22-,23-,24-/m1/s1. The molecule has 0 N–H and O–H groups in total. The summed E-state index contributed by atoms with van der Waals surface area (Å²) in [6.45, 7) is 22.1. The summed E-state index contributed by atoms with van der Waals surface area (Å²) in [4.78, 5) is 0. The fourth-order valence-corrected chi connectivity index (χ4v) is 10.7. The molecule has 164 valence electrons. The molecule has 5 atom stereocenters. The minimum atomic E-state index is -1.85. The van der Waals surface area contributed by atoms with Crippen molar-refractivity contribution in [3.8, 4) is 0 Å². The van der Waals surface area contributed by atoms with Crippen molar-refractivity contribution in [2.45, 2.75) is 94.1 Å². The SMILES string of the molecule is C=CC[C@@H]1C[C@]2(O[Si](C)(C)CC=C)CCO[C@@]23C[C@@H](O[Si](C)(C)CC=C)CC[C@H]13. The Balaban J connectivity index is 1.90. The fraction of sp³-hybridized carbons (Fsp3) is 0.750. The molecule has 1 aliphatic heterocycles. The van der Waals surface area contributed by atoms with E-state index < -0.39 is 16.6 Å². The monoisotopic (exact) mass is 434 g/mol.